The summed E-state index contributed by atoms with van der Waals surface area (Å²) in [6, 6.07) is 0. The maximum Gasteiger partial charge on any atom is 0.243 e. The molecule has 4 N–H and O–H groups in total. The Morgan fingerprint density at radius 2 is 1.93 bits per heavy atom. The Bertz CT molecular complexity index is 185. The number of primary amides is 1. The van der Waals surface area contributed by atoms with Crippen LogP contribution in [0.3, 0.4) is 0 Å². The molecule has 0 aromatic rings. The number of hydrogen-bond acceptors (Lipinski definition) is 3. The first kappa shape index (κ1) is 11.5. The van der Waals surface area contributed by atoms with E-state index in [9.17, 15) is 4.79 Å². The van der Waals surface area contributed by atoms with E-state index in [-0.39, 0.29) is 6.61 Å². The molecule has 1 fully saturated rings. The number of amides is 1. The van der Waals surface area contributed by atoms with Crippen LogP contribution in [-0.2, 0) is 9.53 Å². The Morgan fingerprint density at radius 3 is 2.50 bits per heavy atom. The van der Waals surface area contributed by atoms with Crippen LogP contribution in [0, 0.1) is 11.8 Å². The maximum atomic E-state index is 10.5. The van der Waals surface area contributed by atoms with Crippen LogP contribution < -0.4 is 11.5 Å². The lowest BCUT2D eigenvalue weighted by molar-refractivity contribution is -0.123. The number of nitrogens with two attached hydrogens (primary N) is 2. The van der Waals surface area contributed by atoms with Crippen LogP contribution in [0.1, 0.15) is 25.7 Å². The van der Waals surface area contributed by atoms with Crippen molar-refractivity contribution in [2.45, 2.75) is 25.7 Å². The minimum atomic E-state index is -0.398. The van der Waals surface area contributed by atoms with Gasteiger partial charge in [-0.25, -0.2) is 0 Å². The molecule has 1 amide bonds. The van der Waals surface area contributed by atoms with Gasteiger partial charge in [0.25, 0.3) is 0 Å². The van der Waals surface area contributed by atoms with E-state index >= 15 is 0 Å². The number of hydrogen-bond donors (Lipinski definition) is 2. The summed E-state index contributed by atoms with van der Waals surface area (Å²) in [5.74, 6) is 0.690. The lowest BCUT2D eigenvalue weighted by Crippen LogP contribution is -2.31. The van der Waals surface area contributed by atoms with Crippen molar-refractivity contribution < 1.29 is 9.53 Å². The van der Waals surface area contributed by atoms with Crippen LogP contribution in [0.4, 0.5) is 0 Å². The van der Waals surface area contributed by atoms with Crippen LogP contribution in [0.25, 0.3) is 0 Å². The SMILES string of the molecule is NCC1CCCCC1COCC(N)=O. The zero-order valence-corrected chi connectivity index (χ0v) is 8.58. The number of rotatable bonds is 5. The Kier molecular flexibility index (Phi) is 4.90. The summed E-state index contributed by atoms with van der Waals surface area (Å²) < 4.78 is 5.24. The Balaban J connectivity index is 2.22. The molecule has 4 nitrogen and oxygen atoms in total. The van der Waals surface area contributed by atoms with Crippen molar-refractivity contribution in [1.29, 1.82) is 0 Å². The summed E-state index contributed by atoms with van der Waals surface area (Å²) >= 11 is 0. The quantitative estimate of drug-likeness (QED) is 0.668. The Morgan fingerprint density at radius 1 is 1.29 bits per heavy atom. The molecule has 4 heteroatoms. The second kappa shape index (κ2) is 5.98. The van der Waals surface area contributed by atoms with Crippen molar-refractivity contribution in [3.05, 3.63) is 0 Å². The number of carbonyl (C=O) groups is 1. The summed E-state index contributed by atoms with van der Waals surface area (Å²) in [4.78, 5) is 10.5. The second-order valence-corrected chi connectivity index (χ2v) is 4.02. The van der Waals surface area contributed by atoms with Crippen LogP contribution in [-0.4, -0.2) is 25.7 Å². The molecule has 1 rings (SSSR count). The van der Waals surface area contributed by atoms with E-state index in [1.807, 2.05) is 0 Å². The molecule has 1 aliphatic carbocycles. The molecule has 1 saturated carbocycles. The molecule has 0 heterocycles. The van der Waals surface area contributed by atoms with E-state index in [0.717, 1.165) is 6.54 Å². The van der Waals surface area contributed by atoms with E-state index in [2.05, 4.69) is 0 Å². The number of carbonyl (C=O) groups excluding carboxylic acids is 1. The highest BCUT2D eigenvalue weighted by Gasteiger charge is 2.23. The molecule has 2 atom stereocenters. The van der Waals surface area contributed by atoms with Gasteiger partial charge in [-0.3, -0.25) is 4.79 Å². The summed E-state index contributed by atoms with van der Waals surface area (Å²) in [5.41, 5.74) is 10.7. The molecule has 14 heavy (non-hydrogen) atoms. The normalized spacial score (nSPS) is 27.5. The third-order valence-electron chi connectivity index (χ3n) is 2.95. The van der Waals surface area contributed by atoms with Crippen molar-refractivity contribution in [3.63, 3.8) is 0 Å². The van der Waals surface area contributed by atoms with Gasteiger partial charge in [0, 0.05) is 0 Å². The monoisotopic (exact) mass is 200 g/mol. The van der Waals surface area contributed by atoms with Crippen LogP contribution in [0.5, 0.6) is 0 Å². The lowest BCUT2D eigenvalue weighted by Gasteiger charge is -2.30. The van der Waals surface area contributed by atoms with Crippen molar-refractivity contribution >= 4 is 5.91 Å². The molecular weight excluding hydrogens is 180 g/mol. The molecule has 0 aliphatic heterocycles. The first-order valence-electron chi connectivity index (χ1n) is 5.30. The zero-order valence-electron chi connectivity index (χ0n) is 8.58. The second-order valence-electron chi connectivity index (χ2n) is 4.02. The average molecular weight is 200 g/mol. The van der Waals surface area contributed by atoms with Gasteiger partial charge in [0.1, 0.15) is 6.61 Å². The van der Waals surface area contributed by atoms with Gasteiger partial charge in [0.05, 0.1) is 6.61 Å². The Hall–Kier alpha value is -0.610. The van der Waals surface area contributed by atoms with E-state index < -0.39 is 5.91 Å². The molecule has 0 aromatic heterocycles. The number of ether oxygens (including phenoxy) is 1. The highest BCUT2D eigenvalue weighted by atomic mass is 16.5. The van der Waals surface area contributed by atoms with Crippen molar-refractivity contribution in [3.8, 4) is 0 Å². The molecule has 0 spiro atoms. The van der Waals surface area contributed by atoms with Crippen molar-refractivity contribution in [2.24, 2.45) is 23.3 Å². The molecule has 1 aliphatic rings. The smallest absolute Gasteiger partial charge is 0.243 e. The summed E-state index contributed by atoms with van der Waals surface area (Å²) in [6.07, 6.45) is 4.89. The fourth-order valence-electron chi connectivity index (χ4n) is 2.13. The average Bonchev–Trinajstić information content (AvgIpc) is 2.18. The van der Waals surface area contributed by atoms with E-state index in [0.29, 0.717) is 18.4 Å². The molecule has 0 radical (unpaired) electrons. The largest absolute Gasteiger partial charge is 0.371 e. The molecule has 0 bridgehead atoms. The molecular formula is C10H20N2O2. The van der Waals surface area contributed by atoms with Gasteiger partial charge in [-0.2, -0.15) is 0 Å². The summed E-state index contributed by atoms with van der Waals surface area (Å²) in [7, 11) is 0. The first-order chi connectivity index (χ1) is 6.74. The van der Waals surface area contributed by atoms with Gasteiger partial charge in [-0.15, -0.1) is 0 Å². The molecule has 0 saturated heterocycles. The van der Waals surface area contributed by atoms with Gasteiger partial charge in [0.2, 0.25) is 5.91 Å². The van der Waals surface area contributed by atoms with Crippen LogP contribution in [0.2, 0.25) is 0 Å². The predicted octanol–water partition coefficient (Wildman–Crippen LogP) is 0.253. The van der Waals surface area contributed by atoms with Gasteiger partial charge in [0.15, 0.2) is 0 Å². The molecule has 82 valence electrons. The van der Waals surface area contributed by atoms with Gasteiger partial charge in [-0.05, 0) is 31.2 Å². The zero-order chi connectivity index (χ0) is 10.4. The molecule has 0 aromatic carbocycles. The van der Waals surface area contributed by atoms with E-state index in [1.165, 1.54) is 25.7 Å². The minimum absolute atomic E-state index is 0.0355. The van der Waals surface area contributed by atoms with E-state index in [4.69, 9.17) is 16.2 Å². The summed E-state index contributed by atoms with van der Waals surface area (Å²) in [6.45, 7) is 1.39. The summed E-state index contributed by atoms with van der Waals surface area (Å²) in [5, 5.41) is 0. The fourth-order valence-corrected chi connectivity index (χ4v) is 2.13. The standard InChI is InChI=1S/C10H20N2O2/c11-5-8-3-1-2-4-9(8)6-14-7-10(12)13/h8-9H,1-7,11H2,(H2,12,13). The lowest BCUT2D eigenvalue weighted by atomic mass is 9.80. The third-order valence-corrected chi connectivity index (χ3v) is 2.95. The van der Waals surface area contributed by atoms with E-state index in [1.54, 1.807) is 0 Å². The van der Waals surface area contributed by atoms with Gasteiger partial charge in [-0.1, -0.05) is 12.8 Å². The topological polar surface area (TPSA) is 78.3 Å². The highest BCUT2D eigenvalue weighted by Crippen LogP contribution is 2.29. The van der Waals surface area contributed by atoms with Crippen molar-refractivity contribution in [2.75, 3.05) is 19.8 Å². The first-order valence-corrected chi connectivity index (χ1v) is 5.30. The molecule has 2 unspecified atom stereocenters. The highest BCUT2D eigenvalue weighted by molar-refractivity contribution is 5.74. The van der Waals surface area contributed by atoms with Gasteiger partial charge >= 0.3 is 0 Å². The minimum Gasteiger partial charge on any atom is -0.371 e. The third kappa shape index (κ3) is 3.64. The predicted molar refractivity (Wildman–Crippen MR) is 54.5 cm³/mol. The Labute approximate surface area is 85.0 Å². The van der Waals surface area contributed by atoms with Crippen LogP contribution in [0.15, 0.2) is 0 Å². The van der Waals surface area contributed by atoms with Gasteiger partial charge < -0.3 is 16.2 Å². The van der Waals surface area contributed by atoms with Crippen LogP contribution >= 0.6 is 0 Å². The fraction of sp³-hybridized carbons (Fsp3) is 0.900. The van der Waals surface area contributed by atoms with Crippen molar-refractivity contribution in [1.82, 2.24) is 0 Å². The maximum absolute atomic E-state index is 10.5.